The highest BCUT2D eigenvalue weighted by Gasteiger charge is 2.53. The molecule has 6 nitrogen and oxygen atoms in total. The number of carbonyl (C=O) groups is 2. The fourth-order valence-corrected chi connectivity index (χ4v) is 6.06. The van der Waals surface area contributed by atoms with Crippen molar-refractivity contribution >= 4 is 11.8 Å². The Labute approximate surface area is 191 Å². The summed E-state index contributed by atoms with van der Waals surface area (Å²) in [5.41, 5.74) is 1.07. The fraction of sp³-hybridized carbons (Fsp3) is 0.654. The lowest BCUT2D eigenvalue weighted by atomic mass is 9.51. The molecule has 1 aromatic rings. The van der Waals surface area contributed by atoms with Gasteiger partial charge in [-0.3, -0.25) is 9.59 Å². The number of benzene rings is 1. The van der Waals surface area contributed by atoms with Gasteiger partial charge in [-0.1, -0.05) is 20.8 Å². The third kappa shape index (κ3) is 4.83. The van der Waals surface area contributed by atoms with E-state index in [9.17, 15) is 14.7 Å². The molecule has 0 saturated heterocycles. The number of rotatable bonds is 5. The van der Waals surface area contributed by atoms with Crippen molar-refractivity contribution < 1.29 is 14.7 Å². The van der Waals surface area contributed by atoms with Gasteiger partial charge in [0.2, 0.25) is 5.91 Å². The molecule has 1 aromatic carbocycles. The van der Waals surface area contributed by atoms with Crippen LogP contribution in [-0.2, 0) is 4.79 Å². The number of nitrogens with zero attached hydrogens (tertiary/aromatic N) is 1. The number of carbonyl (C=O) groups excluding carboxylic acids is 2. The molecule has 0 radical (unpaired) electrons. The minimum Gasteiger partial charge on any atom is -0.392 e. The zero-order valence-electron chi connectivity index (χ0n) is 19.9. The first kappa shape index (κ1) is 24.3. The molecule has 0 unspecified atom stereocenters. The summed E-state index contributed by atoms with van der Waals surface area (Å²) in [5, 5.41) is 26.6. The van der Waals surface area contributed by atoms with Crippen LogP contribution in [0, 0.1) is 40.4 Å². The van der Waals surface area contributed by atoms with E-state index in [0.717, 1.165) is 25.7 Å². The van der Waals surface area contributed by atoms with Crippen molar-refractivity contribution in [2.45, 2.75) is 78.5 Å². The van der Waals surface area contributed by atoms with E-state index in [1.54, 1.807) is 24.3 Å². The van der Waals surface area contributed by atoms with Crippen LogP contribution in [0.15, 0.2) is 24.3 Å². The highest BCUT2D eigenvalue weighted by molar-refractivity contribution is 5.94. The van der Waals surface area contributed by atoms with Gasteiger partial charge in [-0.25, -0.2) is 0 Å². The van der Waals surface area contributed by atoms with Gasteiger partial charge in [-0.15, -0.1) is 0 Å². The number of nitrogens with one attached hydrogen (secondary N) is 2. The van der Waals surface area contributed by atoms with Crippen molar-refractivity contribution in [3.63, 3.8) is 0 Å². The zero-order chi connectivity index (χ0) is 23.6. The summed E-state index contributed by atoms with van der Waals surface area (Å²) in [6.45, 7) is 10.2. The van der Waals surface area contributed by atoms with Crippen LogP contribution < -0.4 is 10.6 Å². The van der Waals surface area contributed by atoms with E-state index >= 15 is 0 Å². The molecule has 2 aliphatic carbocycles. The normalized spacial score (nSPS) is 33.0. The molecule has 174 valence electrons. The molecule has 3 N–H and O–H groups in total. The number of fused-ring (bicyclic) bond motifs is 1. The van der Waals surface area contributed by atoms with Crippen molar-refractivity contribution in [1.29, 1.82) is 5.26 Å². The summed E-state index contributed by atoms with van der Waals surface area (Å²) < 4.78 is 0. The van der Waals surface area contributed by atoms with E-state index in [2.05, 4.69) is 30.6 Å². The zero-order valence-corrected chi connectivity index (χ0v) is 19.9. The summed E-state index contributed by atoms with van der Waals surface area (Å²) in [5.74, 6) is -0.368. The molecule has 7 atom stereocenters. The van der Waals surface area contributed by atoms with Crippen molar-refractivity contribution in [3.05, 3.63) is 35.4 Å². The van der Waals surface area contributed by atoms with Crippen LogP contribution >= 0.6 is 0 Å². The number of aliphatic hydroxyl groups is 1. The van der Waals surface area contributed by atoms with Gasteiger partial charge in [0.15, 0.2) is 0 Å². The first-order valence-corrected chi connectivity index (χ1v) is 11.9. The van der Waals surface area contributed by atoms with Gasteiger partial charge in [0.25, 0.3) is 5.91 Å². The van der Waals surface area contributed by atoms with Crippen LogP contribution in [-0.4, -0.2) is 35.1 Å². The van der Waals surface area contributed by atoms with E-state index in [1.165, 1.54) is 0 Å². The fourth-order valence-electron chi connectivity index (χ4n) is 6.06. The molecule has 2 fully saturated rings. The molecule has 0 spiro atoms. The maximum absolute atomic E-state index is 12.8. The molecule has 0 aliphatic heterocycles. The summed E-state index contributed by atoms with van der Waals surface area (Å²) in [6.07, 6.45) is 3.06. The Balaban J connectivity index is 1.73. The third-order valence-electron chi connectivity index (χ3n) is 7.97. The van der Waals surface area contributed by atoms with E-state index in [4.69, 9.17) is 5.26 Å². The number of nitriles is 1. The van der Waals surface area contributed by atoms with Gasteiger partial charge in [0.1, 0.15) is 0 Å². The summed E-state index contributed by atoms with van der Waals surface area (Å²) in [7, 11) is 0. The van der Waals surface area contributed by atoms with Gasteiger partial charge in [-0.2, -0.15) is 5.26 Å². The van der Waals surface area contributed by atoms with E-state index in [-0.39, 0.29) is 53.0 Å². The van der Waals surface area contributed by atoms with E-state index in [0.29, 0.717) is 11.1 Å². The van der Waals surface area contributed by atoms with Crippen molar-refractivity contribution in [2.24, 2.45) is 29.1 Å². The van der Waals surface area contributed by atoms with Crippen LogP contribution in [0.3, 0.4) is 0 Å². The Kier molecular flexibility index (Phi) is 7.29. The first-order chi connectivity index (χ1) is 15.1. The van der Waals surface area contributed by atoms with Crippen molar-refractivity contribution in [2.75, 3.05) is 0 Å². The number of aliphatic hydroxyl groups excluding tert-OH is 1. The smallest absolute Gasteiger partial charge is 0.251 e. The summed E-state index contributed by atoms with van der Waals surface area (Å²) in [6, 6.07) is 8.74. The molecular formula is C26H37N3O3. The molecule has 0 bridgehead atoms. The van der Waals surface area contributed by atoms with Crippen LogP contribution in [0.5, 0.6) is 0 Å². The SMILES string of the molecule is CC(C)NC(=O)[C@@H](C)[C@@H]1CC[C@]2(C)CC[C@H](NC(=O)c3ccc(C#N)cc3)[C@H](C)[C@@H]2[C@H]1O. The van der Waals surface area contributed by atoms with E-state index in [1.807, 2.05) is 20.8 Å². The standard InChI is InChI=1S/C26H37N3O3/c1-15(2)28-24(31)16(3)20-10-12-26(5)13-11-21(17(4)22(26)23(20)30)29-25(32)19-8-6-18(14-27)7-9-19/h6-9,15-17,20-23,30H,10-13H2,1-5H3,(H,28,31)(H,29,32)/t16-,17-,20-,21-,22+,23-,26+/m0/s1. The molecule has 3 rings (SSSR count). The Morgan fingerprint density at radius 1 is 1.16 bits per heavy atom. The number of hydrogen-bond donors (Lipinski definition) is 3. The average molecular weight is 440 g/mol. The molecule has 2 amide bonds. The number of hydrogen-bond acceptors (Lipinski definition) is 4. The second-order valence-electron chi connectivity index (χ2n) is 10.5. The van der Waals surface area contributed by atoms with E-state index < -0.39 is 6.10 Å². The highest BCUT2D eigenvalue weighted by Crippen LogP contribution is 2.55. The lowest BCUT2D eigenvalue weighted by Crippen LogP contribution is -2.58. The largest absolute Gasteiger partial charge is 0.392 e. The van der Waals surface area contributed by atoms with Crippen molar-refractivity contribution in [3.8, 4) is 6.07 Å². The molecule has 0 heterocycles. The Morgan fingerprint density at radius 2 is 1.78 bits per heavy atom. The van der Waals surface area contributed by atoms with Crippen molar-refractivity contribution in [1.82, 2.24) is 10.6 Å². The minimum absolute atomic E-state index is 0.00165. The third-order valence-corrected chi connectivity index (χ3v) is 7.97. The van der Waals surface area contributed by atoms with Gasteiger partial charge < -0.3 is 15.7 Å². The quantitative estimate of drug-likeness (QED) is 0.652. The molecule has 2 aliphatic rings. The highest BCUT2D eigenvalue weighted by atomic mass is 16.3. The lowest BCUT2D eigenvalue weighted by molar-refractivity contribution is -0.142. The molecular weight excluding hydrogens is 402 g/mol. The Bertz CT molecular complexity index is 875. The molecule has 6 heteroatoms. The monoisotopic (exact) mass is 439 g/mol. The lowest BCUT2D eigenvalue weighted by Gasteiger charge is -2.56. The Morgan fingerprint density at radius 3 is 2.38 bits per heavy atom. The second-order valence-corrected chi connectivity index (χ2v) is 10.5. The van der Waals surface area contributed by atoms with Gasteiger partial charge in [0.05, 0.1) is 17.7 Å². The number of amides is 2. The van der Waals surface area contributed by atoms with Crippen LogP contribution in [0.4, 0.5) is 0 Å². The molecule has 32 heavy (non-hydrogen) atoms. The van der Waals surface area contributed by atoms with Gasteiger partial charge >= 0.3 is 0 Å². The Hall–Kier alpha value is -2.39. The minimum atomic E-state index is -0.578. The van der Waals surface area contributed by atoms with Gasteiger partial charge in [-0.05, 0) is 87.0 Å². The first-order valence-electron chi connectivity index (χ1n) is 11.9. The molecule has 0 aromatic heterocycles. The average Bonchev–Trinajstić information content (AvgIpc) is 2.75. The van der Waals surface area contributed by atoms with Crippen LogP contribution in [0.2, 0.25) is 0 Å². The maximum Gasteiger partial charge on any atom is 0.251 e. The predicted molar refractivity (Wildman–Crippen MR) is 124 cm³/mol. The van der Waals surface area contributed by atoms with Gasteiger partial charge in [0, 0.05) is 23.6 Å². The topological polar surface area (TPSA) is 102 Å². The summed E-state index contributed by atoms with van der Waals surface area (Å²) >= 11 is 0. The predicted octanol–water partition coefficient (Wildman–Crippen LogP) is 3.64. The van der Waals surface area contributed by atoms with Crippen LogP contribution in [0.25, 0.3) is 0 Å². The second kappa shape index (κ2) is 9.62. The molecule has 2 saturated carbocycles. The van der Waals surface area contributed by atoms with Crippen LogP contribution in [0.1, 0.15) is 76.2 Å². The summed E-state index contributed by atoms with van der Waals surface area (Å²) in [4.78, 5) is 25.5. The maximum atomic E-state index is 12.8.